The van der Waals surface area contributed by atoms with Crippen molar-refractivity contribution < 1.29 is 9.90 Å². The number of aliphatic hydroxyl groups excluding tert-OH is 1. The van der Waals surface area contributed by atoms with Gasteiger partial charge in [0.05, 0.1) is 0 Å². The molecule has 22 heavy (non-hydrogen) atoms. The van der Waals surface area contributed by atoms with E-state index in [4.69, 9.17) is 0 Å². The molecule has 5 heteroatoms. The lowest BCUT2D eigenvalue weighted by Crippen LogP contribution is -2.20. The van der Waals surface area contributed by atoms with Gasteiger partial charge in [-0.1, -0.05) is 30.3 Å². The van der Waals surface area contributed by atoms with E-state index in [2.05, 4.69) is 15.3 Å². The van der Waals surface area contributed by atoms with E-state index >= 15 is 0 Å². The maximum atomic E-state index is 12.0. The van der Waals surface area contributed by atoms with Crippen molar-refractivity contribution in [2.45, 2.75) is 6.10 Å². The summed E-state index contributed by atoms with van der Waals surface area (Å²) in [6.07, 6.45) is 2.24. The van der Waals surface area contributed by atoms with Crippen LogP contribution in [0.4, 0.5) is 5.69 Å². The van der Waals surface area contributed by atoms with Crippen molar-refractivity contribution in [1.29, 1.82) is 0 Å². The quantitative estimate of drug-likeness (QED) is 0.692. The van der Waals surface area contributed by atoms with Crippen LogP contribution in [-0.2, 0) is 4.79 Å². The summed E-state index contributed by atoms with van der Waals surface area (Å²) < 4.78 is 0. The van der Waals surface area contributed by atoms with E-state index in [0.29, 0.717) is 11.3 Å². The monoisotopic (exact) mass is 293 g/mol. The van der Waals surface area contributed by atoms with E-state index in [-0.39, 0.29) is 0 Å². The van der Waals surface area contributed by atoms with Crippen molar-refractivity contribution in [3.63, 3.8) is 0 Å². The molecule has 0 spiro atoms. The van der Waals surface area contributed by atoms with Gasteiger partial charge in [-0.3, -0.25) is 4.79 Å². The third-order valence-corrected chi connectivity index (χ3v) is 3.29. The van der Waals surface area contributed by atoms with Gasteiger partial charge in [-0.25, -0.2) is 4.98 Å². The number of aromatic amines is 1. The molecule has 3 rings (SSSR count). The molecule has 1 atom stereocenters. The van der Waals surface area contributed by atoms with E-state index in [1.165, 1.54) is 0 Å². The molecule has 1 heterocycles. The standard InChI is InChI=1S/C17H15N3O2/c21-15(12-4-2-1-3-5-12)17(22)20-14-8-6-13(7-9-14)16-18-10-11-19-16/h1-11,15,21H,(H,18,19)(H,20,22). The number of nitrogens with one attached hydrogen (secondary N) is 2. The minimum Gasteiger partial charge on any atom is -0.378 e. The summed E-state index contributed by atoms with van der Waals surface area (Å²) in [6, 6.07) is 16.1. The number of hydrogen-bond donors (Lipinski definition) is 3. The van der Waals surface area contributed by atoms with Gasteiger partial charge >= 0.3 is 0 Å². The minimum atomic E-state index is -1.19. The summed E-state index contributed by atoms with van der Waals surface area (Å²) in [5.74, 6) is 0.305. The smallest absolute Gasteiger partial charge is 0.257 e. The van der Waals surface area contributed by atoms with Crippen LogP contribution in [0.1, 0.15) is 11.7 Å². The maximum absolute atomic E-state index is 12.0. The molecule has 1 unspecified atom stereocenters. The Morgan fingerprint density at radius 1 is 1.09 bits per heavy atom. The summed E-state index contributed by atoms with van der Waals surface area (Å²) in [6.45, 7) is 0. The Balaban J connectivity index is 1.69. The third-order valence-electron chi connectivity index (χ3n) is 3.29. The number of H-pyrrole nitrogens is 1. The Bertz CT molecular complexity index is 737. The zero-order valence-electron chi connectivity index (χ0n) is 11.7. The van der Waals surface area contributed by atoms with Crippen LogP contribution >= 0.6 is 0 Å². The number of carbonyl (C=O) groups is 1. The number of carbonyl (C=O) groups excluding carboxylic acids is 1. The number of anilines is 1. The number of rotatable bonds is 4. The average Bonchev–Trinajstić information content (AvgIpc) is 3.10. The van der Waals surface area contributed by atoms with Crippen LogP contribution in [0.15, 0.2) is 67.0 Å². The Hall–Kier alpha value is -2.92. The first kappa shape index (κ1) is 14.0. The minimum absolute atomic E-state index is 0.461. The van der Waals surface area contributed by atoms with Gasteiger partial charge in [0.1, 0.15) is 5.82 Å². The highest BCUT2D eigenvalue weighted by atomic mass is 16.3. The van der Waals surface area contributed by atoms with E-state index < -0.39 is 12.0 Å². The zero-order chi connectivity index (χ0) is 15.4. The second-order valence-electron chi connectivity index (χ2n) is 4.82. The van der Waals surface area contributed by atoms with Gasteiger partial charge in [-0.2, -0.15) is 0 Å². The van der Waals surface area contributed by atoms with Gasteiger partial charge in [0, 0.05) is 23.6 Å². The van der Waals surface area contributed by atoms with Crippen molar-refractivity contribution in [3.8, 4) is 11.4 Å². The highest BCUT2D eigenvalue weighted by molar-refractivity contribution is 5.94. The molecule has 0 saturated heterocycles. The molecule has 5 nitrogen and oxygen atoms in total. The van der Waals surface area contributed by atoms with Crippen LogP contribution in [0.3, 0.4) is 0 Å². The highest BCUT2D eigenvalue weighted by Gasteiger charge is 2.16. The zero-order valence-corrected chi connectivity index (χ0v) is 11.7. The van der Waals surface area contributed by atoms with Crippen molar-refractivity contribution >= 4 is 11.6 Å². The number of hydrogen-bond acceptors (Lipinski definition) is 3. The van der Waals surface area contributed by atoms with Gasteiger partial charge in [0.15, 0.2) is 6.10 Å². The van der Waals surface area contributed by atoms with Gasteiger partial charge in [-0.05, 0) is 29.8 Å². The molecule has 0 saturated carbocycles. The Kier molecular flexibility index (Phi) is 3.98. The maximum Gasteiger partial charge on any atom is 0.257 e. The average molecular weight is 293 g/mol. The predicted molar refractivity (Wildman–Crippen MR) is 84.1 cm³/mol. The molecule has 0 fully saturated rings. The largest absolute Gasteiger partial charge is 0.378 e. The topological polar surface area (TPSA) is 78.0 Å². The third kappa shape index (κ3) is 3.05. The molecule has 0 bridgehead atoms. The Labute approximate surface area is 127 Å². The number of aliphatic hydroxyl groups is 1. The van der Waals surface area contributed by atoms with Gasteiger partial charge in [0.2, 0.25) is 0 Å². The molecular weight excluding hydrogens is 278 g/mol. The van der Waals surface area contributed by atoms with Gasteiger partial charge in [-0.15, -0.1) is 0 Å². The lowest BCUT2D eigenvalue weighted by Gasteiger charge is -2.11. The van der Waals surface area contributed by atoms with Crippen LogP contribution < -0.4 is 5.32 Å². The molecule has 110 valence electrons. The first-order chi connectivity index (χ1) is 10.7. The first-order valence-electron chi connectivity index (χ1n) is 6.88. The van der Waals surface area contributed by atoms with Crippen molar-refractivity contribution in [2.24, 2.45) is 0 Å². The molecule has 0 aliphatic heterocycles. The summed E-state index contributed by atoms with van der Waals surface area (Å²) in [5.41, 5.74) is 2.11. The number of nitrogens with zero attached hydrogens (tertiary/aromatic N) is 1. The molecular formula is C17H15N3O2. The van der Waals surface area contributed by atoms with Crippen molar-refractivity contribution in [1.82, 2.24) is 9.97 Å². The number of benzene rings is 2. The second kappa shape index (κ2) is 6.24. The van der Waals surface area contributed by atoms with E-state index in [9.17, 15) is 9.90 Å². The fraction of sp³-hybridized carbons (Fsp3) is 0.0588. The number of aromatic nitrogens is 2. The van der Waals surface area contributed by atoms with Crippen LogP contribution in [0.5, 0.6) is 0 Å². The lowest BCUT2D eigenvalue weighted by molar-refractivity contribution is -0.124. The fourth-order valence-electron chi connectivity index (χ4n) is 2.13. The predicted octanol–water partition coefficient (Wildman–Crippen LogP) is 2.75. The molecule has 3 N–H and O–H groups in total. The molecule has 1 amide bonds. The summed E-state index contributed by atoms with van der Waals surface area (Å²) >= 11 is 0. The summed E-state index contributed by atoms with van der Waals surface area (Å²) in [7, 11) is 0. The first-order valence-corrected chi connectivity index (χ1v) is 6.88. The second-order valence-corrected chi connectivity index (χ2v) is 4.82. The Morgan fingerprint density at radius 2 is 1.82 bits per heavy atom. The van der Waals surface area contributed by atoms with Crippen LogP contribution in [0.2, 0.25) is 0 Å². The van der Waals surface area contributed by atoms with E-state index in [1.54, 1.807) is 48.8 Å². The summed E-state index contributed by atoms with van der Waals surface area (Å²) in [5, 5.41) is 12.7. The van der Waals surface area contributed by atoms with Gasteiger partial charge in [0.25, 0.3) is 5.91 Å². The number of amides is 1. The van der Waals surface area contributed by atoms with Gasteiger partial charge < -0.3 is 15.4 Å². The SMILES string of the molecule is O=C(Nc1ccc(-c2ncc[nH]2)cc1)C(O)c1ccccc1. The van der Waals surface area contributed by atoms with Crippen LogP contribution in [0.25, 0.3) is 11.4 Å². The molecule has 0 radical (unpaired) electrons. The fourth-order valence-corrected chi connectivity index (χ4v) is 2.13. The van der Waals surface area contributed by atoms with E-state index in [1.807, 2.05) is 18.2 Å². The van der Waals surface area contributed by atoms with E-state index in [0.717, 1.165) is 11.4 Å². The summed E-state index contributed by atoms with van der Waals surface area (Å²) in [4.78, 5) is 19.2. The number of imidazole rings is 1. The van der Waals surface area contributed by atoms with Crippen LogP contribution in [0, 0.1) is 0 Å². The molecule has 3 aromatic rings. The normalized spacial score (nSPS) is 11.9. The van der Waals surface area contributed by atoms with Crippen molar-refractivity contribution in [2.75, 3.05) is 5.32 Å². The van der Waals surface area contributed by atoms with Crippen molar-refractivity contribution in [3.05, 3.63) is 72.6 Å². The molecule has 1 aromatic heterocycles. The molecule has 2 aromatic carbocycles. The van der Waals surface area contributed by atoms with Crippen LogP contribution in [-0.4, -0.2) is 21.0 Å². The highest BCUT2D eigenvalue weighted by Crippen LogP contribution is 2.19. The molecule has 0 aliphatic rings. The molecule has 0 aliphatic carbocycles. The Morgan fingerprint density at radius 3 is 2.45 bits per heavy atom. The lowest BCUT2D eigenvalue weighted by atomic mass is 10.1.